The van der Waals surface area contributed by atoms with Gasteiger partial charge in [0.05, 0.1) is 18.8 Å². The molecule has 0 aliphatic rings. The Morgan fingerprint density at radius 1 is 1.12 bits per heavy atom. The Kier molecular flexibility index (Phi) is 7.60. The van der Waals surface area contributed by atoms with E-state index in [0.717, 1.165) is 42.5 Å². The van der Waals surface area contributed by atoms with Gasteiger partial charge in [-0.25, -0.2) is 4.99 Å². The van der Waals surface area contributed by atoms with Crippen LogP contribution in [0.4, 0.5) is 0 Å². The zero-order chi connectivity index (χ0) is 17.0. The zero-order valence-electron chi connectivity index (χ0n) is 14.5. The smallest absolute Gasteiger partial charge is 0.191 e. The van der Waals surface area contributed by atoms with Crippen molar-refractivity contribution in [1.29, 1.82) is 0 Å². The lowest BCUT2D eigenvalue weighted by molar-refractivity contribution is 0.309. The van der Waals surface area contributed by atoms with E-state index < -0.39 is 0 Å². The number of nitrogens with one attached hydrogen (secondary N) is 2. The fourth-order valence-electron chi connectivity index (χ4n) is 2.17. The van der Waals surface area contributed by atoms with Crippen LogP contribution in [0, 0.1) is 6.92 Å². The van der Waals surface area contributed by atoms with Crippen molar-refractivity contribution in [2.75, 3.05) is 19.7 Å². The molecule has 128 valence electrons. The van der Waals surface area contributed by atoms with Gasteiger partial charge in [-0.2, -0.15) is 0 Å². The molecule has 1 aromatic heterocycles. The summed E-state index contributed by atoms with van der Waals surface area (Å²) in [6, 6.07) is 13.9. The average molecular weight is 326 g/mol. The van der Waals surface area contributed by atoms with E-state index in [2.05, 4.69) is 40.5 Å². The summed E-state index contributed by atoms with van der Waals surface area (Å²) < 4.78 is 5.80. The van der Waals surface area contributed by atoms with E-state index in [4.69, 9.17) is 4.74 Å². The molecule has 2 aromatic rings. The first-order valence-electron chi connectivity index (χ1n) is 8.40. The van der Waals surface area contributed by atoms with E-state index in [1.54, 1.807) is 6.20 Å². The van der Waals surface area contributed by atoms with Crippen molar-refractivity contribution in [3.05, 3.63) is 59.9 Å². The molecule has 5 nitrogen and oxygen atoms in total. The van der Waals surface area contributed by atoms with Crippen molar-refractivity contribution >= 4 is 5.96 Å². The molecule has 5 heteroatoms. The van der Waals surface area contributed by atoms with Crippen LogP contribution in [-0.2, 0) is 6.54 Å². The SMILES string of the molecule is CCNC(=NCc1ccccn1)NCCCOc1ccccc1C. The third-order valence-electron chi connectivity index (χ3n) is 3.43. The zero-order valence-corrected chi connectivity index (χ0v) is 14.5. The van der Waals surface area contributed by atoms with Gasteiger partial charge in [-0.05, 0) is 44.0 Å². The van der Waals surface area contributed by atoms with Gasteiger partial charge in [0.1, 0.15) is 5.75 Å². The first kappa shape index (κ1) is 17.8. The lowest BCUT2D eigenvalue weighted by Gasteiger charge is -2.12. The minimum absolute atomic E-state index is 0.565. The standard InChI is InChI=1S/C19H26N4O/c1-3-20-19(23-15-17-10-6-7-12-21-17)22-13-8-14-24-18-11-5-4-9-16(18)2/h4-7,9-12H,3,8,13-15H2,1-2H3,(H2,20,22,23). The number of benzene rings is 1. The molecule has 0 saturated carbocycles. The van der Waals surface area contributed by atoms with Crippen LogP contribution in [0.1, 0.15) is 24.6 Å². The molecule has 0 amide bonds. The van der Waals surface area contributed by atoms with Gasteiger partial charge in [-0.15, -0.1) is 0 Å². The number of aromatic nitrogens is 1. The number of hydrogen-bond donors (Lipinski definition) is 2. The topological polar surface area (TPSA) is 58.5 Å². The van der Waals surface area contributed by atoms with Gasteiger partial charge in [0.15, 0.2) is 5.96 Å². The van der Waals surface area contributed by atoms with Crippen LogP contribution in [0.2, 0.25) is 0 Å². The highest BCUT2D eigenvalue weighted by molar-refractivity contribution is 5.79. The summed E-state index contributed by atoms with van der Waals surface area (Å²) >= 11 is 0. The summed E-state index contributed by atoms with van der Waals surface area (Å²) in [5.41, 5.74) is 2.12. The summed E-state index contributed by atoms with van der Waals surface area (Å²) in [6.07, 6.45) is 2.69. The molecule has 0 aliphatic heterocycles. The summed E-state index contributed by atoms with van der Waals surface area (Å²) in [5.74, 6) is 1.76. The van der Waals surface area contributed by atoms with Crippen LogP contribution >= 0.6 is 0 Å². The van der Waals surface area contributed by atoms with Crippen molar-refractivity contribution in [2.24, 2.45) is 4.99 Å². The van der Waals surface area contributed by atoms with Gasteiger partial charge >= 0.3 is 0 Å². The van der Waals surface area contributed by atoms with Crippen molar-refractivity contribution < 1.29 is 4.74 Å². The van der Waals surface area contributed by atoms with Crippen molar-refractivity contribution in [3.8, 4) is 5.75 Å². The van der Waals surface area contributed by atoms with E-state index in [1.165, 1.54) is 0 Å². The number of aliphatic imine (C=N–C) groups is 1. The number of hydrogen-bond acceptors (Lipinski definition) is 3. The first-order chi connectivity index (χ1) is 11.8. The monoisotopic (exact) mass is 326 g/mol. The maximum atomic E-state index is 5.80. The first-order valence-corrected chi connectivity index (χ1v) is 8.40. The molecular weight excluding hydrogens is 300 g/mol. The Labute approximate surface area is 144 Å². The van der Waals surface area contributed by atoms with Gasteiger partial charge in [0, 0.05) is 19.3 Å². The molecule has 0 aliphatic carbocycles. The quantitative estimate of drug-likeness (QED) is 0.445. The van der Waals surface area contributed by atoms with E-state index in [0.29, 0.717) is 13.2 Å². The molecule has 0 spiro atoms. The maximum Gasteiger partial charge on any atom is 0.191 e. The third-order valence-corrected chi connectivity index (χ3v) is 3.43. The maximum absolute atomic E-state index is 5.80. The predicted molar refractivity (Wildman–Crippen MR) is 98.3 cm³/mol. The molecule has 0 bridgehead atoms. The summed E-state index contributed by atoms with van der Waals surface area (Å²) in [7, 11) is 0. The highest BCUT2D eigenvalue weighted by Gasteiger charge is 2.00. The second kappa shape index (κ2) is 10.3. The lowest BCUT2D eigenvalue weighted by Crippen LogP contribution is -2.38. The second-order valence-corrected chi connectivity index (χ2v) is 5.41. The molecule has 24 heavy (non-hydrogen) atoms. The van der Waals surface area contributed by atoms with Gasteiger partial charge in [0.2, 0.25) is 0 Å². The molecule has 2 N–H and O–H groups in total. The number of pyridine rings is 1. The lowest BCUT2D eigenvalue weighted by atomic mass is 10.2. The van der Waals surface area contributed by atoms with Crippen molar-refractivity contribution in [1.82, 2.24) is 15.6 Å². The normalized spacial score (nSPS) is 11.2. The molecule has 0 saturated heterocycles. The Morgan fingerprint density at radius 2 is 1.96 bits per heavy atom. The molecule has 0 unspecified atom stereocenters. The van der Waals surface area contributed by atoms with Gasteiger partial charge < -0.3 is 15.4 Å². The fourth-order valence-corrected chi connectivity index (χ4v) is 2.17. The molecule has 2 rings (SSSR count). The Morgan fingerprint density at radius 3 is 2.71 bits per heavy atom. The van der Waals surface area contributed by atoms with Crippen molar-refractivity contribution in [3.63, 3.8) is 0 Å². The van der Waals surface area contributed by atoms with Gasteiger partial charge in [-0.3, -0.25) is 4.98 Å². The number of ether oxygens (including phenoxy) is 1. The summed E-state index contributed by atoms with van der Waals surface area (Å²) in [5, 5.41) is 6.56. The van der Waals surface area contributed by atoms with Crippen LogP contribution < -0.4 is 15.4 Å². The van der Waals surface area contributed by atoms with Crippen LogP contribution in [0.3, 0.4) is 0 Å². The van der Waals surface area contributed by atoms with E-state index in [1.807, 2.05) is 36.4 Å². The molecule has 0 atom stereocenters. The van der Waals surface area contributed by atoms with Crippen LogP contribution in [0.25, 0.3) is 0 Å². The largest absolute Gasteiger partial charge is 0.493 e. The van der Waals surface area contributed by atoms with E-state index in [9.17, 15) is 0 Å². The predicted octanol–water partition coefficient (Wildman–Crippen LogP) is 2.91. The van der Waals surface area contributed by atoms with Gasteiger partial charge in [-0.1, -0.05) is 24.3 Å². The van der Waals surface area contributed by atoms with Crippen LogP contribution in [0.15, 0.2) is 53.7 Å². The number of para-hydroxylation sites is 1. The summed E-state index contributed by atoms with van der Waals surface area (Å²) in [6.45, 7) is 6.99. The Hall–Kier alpha value is -2.56. The molecule has 1 aromatic carbocycles. The molecule has 0 fully saturated rings. The minimum atomic E-state index is 0.565. The van der Waals surface area contributed by atoms with E-state index in [-0.39, 0.29) is 0 Å². The molecule has 1 heterocycles. The number of nitrogens with zero attached hydrogens (tertiary/aromatic N) is 2. The number of guanidine groups is 1. The Bertz CT molecular complexity index is 628. The second-order valence-electron chi connectivity index (χ2n) is 5.41. The number of rotatable bonds is 8. The van der Waals surface area contributed by atoms with Crippen LogP contribution in [-0.4, -0.2) is 30.6 Å². The molecular formula is C19H26N4O. The average Bonchev–Trinajstić information content (AvgIpc) is 2.61. The van der Waals surface area contributed by atoms with Crippen LogP contribution in [0.5, 0.6) is 5.75 Å². The minimum Gasteiger partial charge on any atom is -0.493 e. The fraction of sp³-hybridized carbons (Fsp3) is 0.368. The molecule has 0 radical (unpaired) electrons. The summed E-state index contributed by atoms with van der Waals surface area (Å²) in [4.78, 5) is 8.82. The van der Waals surface area contributed by atoms with E-state index >= 15 is 0 Å². The Balaban J connectivity index is 1.72. The third kappa shape index (κ3) is 6.28. The highest BCUT2D eigenvalue weighted by atomic mass is 16.5. The highest BCUT2D eigenvalue weighted by Crippen LogP contribution is 2.15. The van der Waals surface area contributed by atoms with Crippen molar-refractivity contribution in [2.45, 2.75) is 26.8 Å². The van der Waals surface area contributed by atoms with Gasteiger partial charge in [0.25, 0.3) is 0 Å². The number of aryl methyl sites for hydroxylation is 1.